The summed E-state index contributed by atoms with van der Waals surface area (Å²) >= 11 is 5.11. The van der Waals surface area contributed by atoms with Gasteiger partial charge in [0.05, 0.1) is 6.61 Å². The van der Waals surface area contributed by atoms with E-state index in [0.29, 0.717) is 11.6 Å². The second-order valence-corrected chi connectivity index (χ2v) is 4.65. The lowest BCUT2D eigenvalue weighted by Crippen LogP contribution is -2.31. The second kappa shape index (κ2) is 8.85. The molecule has 4 nitrogen and oxygen atoms in total. The molecule has 0 radical (unpaired) electrons. The van der Waals surface area contributed by atoms with E-state index in [2.05, 4.69) is 4.90 Å². The lowest BCUT2D eigenvalue weighted by Gasteiger charge is -2.26. The zero-order chi connectivity index (χ0) is 14.1. The number of rotatable bonds is 9. The minimum absolute atomic E-state index is 0.421. The summed E-state index contributed by atoms with van der Waals surface area (Å²) in [6.45, 7) is 3.09. The first kappa shape index (κ1) is 15.9. The van der Waals surface area contributed by atoms with E-state index in [0.717, 1.165) is 37.4 Å². The molecule has 0 spiro atoms. The molecule has 0 saturated heterocycles. The van der Waals surface area contributed by atoms with Gasteiger partial charge in [-0.05, 0) is 18.6 Å². The monoisotopic (exact) mass is 282 g/mol. The van der Waals surface area contributed by atoms with Crippen molar-refractivity contribution in [1.29, 1.82) is 0 Å². The van der Waals surface area contributed by atoms with Crippen LogP contribution in [0.3, 0.4) is 0 Å². The fourth-order valence-corrected chi connectivity index (χ4v) is 2.08. The lowest BCUT2D eigenvalue weighted by atomic mass is 10.1. The van der Waals surface area contributed by atoms with E-state index in [1.807, 2.05) is 24.3 Å². The fraction of sp³-hybridized carbons (Fsp3) is 0.500. The molecule has 5 heteroatoms. The van der Waals surface area contributed by atoms with Crippen molar-refractivity contribution >= 4 is 22.9 Å². The molecule has 0 unspecified atom stereocenters. The third kappa shape index (κ3) is 5.14. The van der Waals surface area contributed by atoms with E-state index >= 15 is 0 Å². The predicted molar refractivity (Wildman–Crippen MR) is 82.9 cm³/mol. The molecule has 0 aliphatic rings. The number of methoxy groups -OCH3 is 2. The van der Waals surface area contributed by atoms with Gasteiger partial charge in [-0.25, -0.2) is 0 Å². The van der Waals surface area contributed by atoms with Crippen LogP contribution in [0.5, 0.6) is 0 Å². The number of hydrogen-bond acceptors (Lipinski definition) is 4. The highest BCUT2D eigenvalue weighted by molar-refractivity contribution is 7.80. The van der Waals surface area contributed by atoms with Crippen LogP contribution in [-0.2, 0) is 9.47 Å². The van der Waals surface area contributed by atoms with Crippen molar-refractivity contribution in [1.82, 2.24) is 0 Å². The normalized spacial score (nSPS) is 10.4. The number of nitrogens with zero attached hydrogens (tertiary/aromatic N) is 1. The second-order valence-electron chi connectivity index (χ2n) is 4.21. The number of hydrogen-bond donors (Lipinski definition) is 1. The summed E-state index contributed by atoms with van der Waals surface area (Å²) in [7, 11) is 3.41. The van der Waals surface area contributed by atoms with Gasteiger partial charge in [0, 0.05) is 45.2 Å². The molecule has 0 fully saturated rings. The topological polar surface area (TPSA) is 47.7 Å². The average Bonchev–Trinajstić information content (AvgIpc) is 2.42. The van der Waals surface area contributed by atoms with Crippen molar-refractivity contribution in [2.75, 3.05) is 45.4 Å². The Morgan fingerprint density at radius 2 is 1.84 bits per heavy atom. The zero-order valence-electron chi connectivity index (χ0n) is 11.6. The maximum atomic E-state index is 5.78. The van der Waals surface area contributed by atoms with Crippen LogP contribution in [0.2, 0.25) is 0 Å². The van der Waals surface area contributed by atoms with E-state index in [9.17, 15) is 0 Å². The largest absolute Gasteiger partial charge is 0.389 e. The Hall–Kier alpha value is -1.17. The summed E-state index contributed by atoms with van der Waals surface area (Å²) in [6, 6.07) is 7.93. The van der Waals surface area contributed by atoms with Gasteiger partial charge in [-0.3, -0.25) is 0 Å². The first-order chi connectivity index (χ1) is 9.20. The van der Waals surface area contributed by atoms with Gasteiger partial charge in [-0.2, -0.15) is 0 Å². The minimum Gasteiger partial charge on any atom is -0.389 e. The molecule has 0 heterocycles. The van der Waals surface area contributed by atoms with Crippen molar-refractivity contribution in [3.05, 3.63) is 29.8 Å². The molecule has 0 aromatic heterocycles. The predicted octanol–water partition coefficient (Wildman–Crippen LogP) is 1.81. The fourth-order valence-electron chi connectivity index (χ4n) is 1.91. The number of nitrogens with two attached hydrogens (primary N) is 1. The summed E-state index contributed by atoms with van der Waals surface area (Å²) in [5, 5.41) is 0. The van der Waals surface area contributed by atoms with Gasteiger partial charge in [-0.1, -0.05) is 24.4 Å². The molecule has 106 valence electrons. The maximum Gasteiger partial charge on any atom is 0.106 e. The van der Waals surface area contributed by atoms with Crippen LogP contribution < -0.4 is 10.6 Å². The highest BCUT2D eigenvalue weighted by atomic mass is 32.1. The van der Waals surface area contributed by atoms with Crippen molar-refractivity contribution in [3.63, 3.8) is 0 Å². The number of para-hydroxylation sites is 1. The SMILES string of the molecule is COCCCN(CCOC)c1ccccc1C(N)=S. The van der Waals surface area contributed by atoms with Gasteiger partial charge in [-0.15, -0.1) is 0 Å². The number of anilines is 1. The van der Waals surface area contributed by atoms with E-state index < -0.39 is 0 Å². The molecule has 0 atom stereocenters. The quantitative estimate of drug-likeness (QED) is 0.553. The van der Waals surface area contributed by atoms with Gasteiger partial charge in [0.15, 0.2) is 0 Å². The summed E-state index contributed by atoms with van der Waals surface area (Å²) in [4.78, 5) is 2.65. The van der Waals surface area contributed by atoms with Gasteiger partial charge < -0.3 is 20.1 Å². The Bertz CT molecular complexity index is 399. The Morgan fingerprint density at radius 3 is 2.47 bits per heavy atom. The van der Waals surface area contributed by atoms with Gasteiger partial charge in [0.1, 0.15) is 4.99 Å². The summed E-state index contributed by atoms with van der Waals surface area (Å²) in [6.07, 6.45) is 0.950. The lowest BCUT2D eigenvalue weighted by molar-refractivity contribution is 0.191. The molecule has 0 amide bonds. The standard InChI is InChI=1S/C14H22N2O2S/c1-17-10-5-8-16(9-11-18-2)13-7-4-3-6-12(13)14(15)19/h3-4,6-7H,5,8-11H2,1-2H3,(H2,15,19). The Labute approximate surface area is 120 Å². The summed E-state index contributed by atoms with van der Waals surface area (Å²) in [5.41, 5.74) is 7.75. The third-order valence-electron chi connectivity index (χ3n) is 2.85. The zero-order valence-corrected chi connectivity index (χ0v) is 12.4. The molecule has 1 rings (SSSR count). The maximum absolute atomic E-state index is 5.78. The first-order valence-electron chi connectivity index (χ1n) is 6.32. The van der Waals surface area contributed by atoms with Crippen LogP contribution in [0, 0.1) is 0 Å². The van der Waals surface area contributed by atoms with Crippen LogP contribution in [-0.4, -0.2) is 45.5 Å². The molecule has 0 aliphatic carbocycles. The Balaban J connectivity index is 2.85. The van der Waals surface area contributed by atoms with Crippen LogP contribution >= 0.6 is 12.2 Å². The number of benzene rings is 1. The number of thiocarbonyl (C=S) groups is 1. The Kier molecular flexibility index (Phi) is 7.40. The smallest absolute Gasteiger partial charge is 0.106 e. The molecular formula is C14H22N2O2S. The minimum atomic E-state index is 0.421. The highest BCUT2D eigenvalue weighted by Crippen LogP contribution is 2.20. The first-order valence-corrected chi connectivity index (χ1v) is 6.73. The van der Waals surface area contributed by atoms with Crippen LogP contribution in [0.4, 0.5) is 5.69 Å². The molecule has 0 saturated carbocycles. The van der Waals surface area contributed by atoms with Crippen molar-refractivity contribution in [2.24, 2.45) is 5.73 Å². The molecule has 0 bridgehead atoms. The average molecular weight is 282 g/mol. The third-order valence-corrected chi connectivity index (χ3v) is 3.07. The molecule has 1 aromatic rings. The Morgan fingerprint density at radius 1 is 1.16 bits per heavy atom. The highest BCUT2D eigenvalue weighted by Gasteiger charge is 2.12. The molecule has 19 heavy (non-hydrogen) atoms. The van der Waals surface area contributed by atoms with Crippen molar-refractivity contribution < 1.29 is 9.47 Å². The van der Waals surface area contributed by atoms with Gasteiger partial charge in [0.2, 0.25) is 0 Å². The van der Waals surface area contributed by atoms with E-state index in [1.54, 1.807) is 14.2 Å². The van der Waals surface area contributed by atoms with Crippen LogP contribution in [0.15, 0.2) is 24.3 Å². The van der Waals surface area contributed by atoms with E-state index in [-0.39, 0.29) is 0 Å². The van der Waals surface area contributed by atoms with Crippen molar-refractivity contribution in [3.8, 4) is 0 Å². The molecule has 1 aromatic carbocycles. The van der Waals surface area contributed by atoms with Gasteiger partial charge >= 0.3 is 0 Å². The summed E-state index contributed by atoms with van der Waals surface area (Å²) in [5.74, 6) is 0. The van der Waals surface area contributed by atoms with Crippen molar-refractivity contribution in [2.45, 2.75) is 6.42 Å². The molecular weight excluding hydrogens is 260 g/mol. The molecule has 2 N–H and O–H groups in total. The van der Waals surface area contributed by atoms with Gasteiger partial charge in [0.25, 0.3) is 0 Å². The van der Waals surface area contributed by atoms with E-state index in [4.69, 9.17) is 27.4 Å². The van der Waals surface area contributed by atoms with Crippen LogP contribution in [0.1, 0.15) is 12.0 Å². The van der Waals surface area contributed by atoms with E-state index in [1.165, 1.54) is 0 Å². The molecule has 0 aliphatic heterocycles. The summed E-state index contributed by atoms with van der Waals surface area (Å²) < 4.78 is 10.3. The van der Waals surface area contributed by atoms with Crippen LogP contribution in [0.25, 0.3) is 0 Å². The number of ether oxygens (including phenoxy) is 2.